The molecule has 126 valence electrons. The van der Waals surface area contributed by atoms with Gasteiger partial charge in [0.15, 0.2) is 0 Å². The maximum Gasteiger partial charge on any atom is 0.406 e. The number of nitrogens with one attached hydrogen (secondary N) is 1. The van der Waals surface area contributed by atoms with Crippen LogP contribution in [0, 0.1) is 5.41 Å². The number of carbonyl (C=O) groups is 1. The zero-order valence-electron chi connectivity index (χ0n) is 12.8. The predicted octanol–water partition coefficient (Wildman–Crippen LogP) is 2.09. The minimum Gasteiger partial charge on any atom is -0.378 e. The number of amides is 1. The number of alkyl halides is 3. The summed E-state index contributed by atoms with van der Waals surface area (Å²) in [6.45, 7) is 1.70. The van der Waals surface area contributed by atoms with E-state index in [-0.39, 0.29) is 24.1 Å². The lowest BCUT2D eigenvalue weighted by Crippen LogP contribution is -2.68. The molecule has 4 nitrogen and oxygen atoms in total. The van der Waals surface area contributed by atoms with E-state index in [1.165, 1.54) is 6.42 Å². The van der Waals surface area contributed by atoms with Crippen LogP contribution in [0.2, 0.25) is 0 Å². The molecular formula is C15H23F3N2O2. The highest BCUT2D eigenvalue weighted by atomic mass is 19.4. The lowest BCUT2D eigenvalue weighted by molar-refractivity contribution is -0.176. The molecule has 3 atom stereocenters. The molecule has 0 unspecified atom stereocenters. The van der Waals surface area contributed by atoms with Crippen molar-refractivity contribution in [3.05, 3.63) is 0 Å². The van der Waals surface area contributed by atoms with Gasteiger partial charge in [0.1, 0.15) is 6.54 Å². The van der Waals surface area contributed by atoms with Gasteiger partial charge in [-0.3, -0.25) is 4.79 Å². The van der Waals surface area contributed by atoms with Crippen LogP contribution in [0.1, 0.15) is 39.0 Å². The van der Waals surface area contributed by atoms with Gasteiger partial charge in [-0.05, 0) is 32.6 Å². The average Bonchev–Trinajstić information content (AvgIpc) is 2.66. The molecule has 3 aliphatic rings. The smallest absolute Gasteiger partial charge is 0.378 e. The summed E-state index contributed by atoms with van der Waals surface area (Å²) in [6.07, 6.45) is 0.575. The van der Waals surface area contributed by atoms with E-state index < -0.39 is 24.7 Å². The minimum atomic E-state index is -4.32. The zero-order valence-corrected chi connectivity index (χ0v) is 12.8. The van der Waals surface area contributed by atoms with Crippen molar-refractivity contribution in [3.63, 3.8) is 0 Å². The molecule has 0 bridgehead atoms. The quantitative estimate of drug-likeness (QED) is 0.843. The maximum atomic E-state index is 12.4. The van der Waals surface area contributed by atoms with Gasteiger partial charge in [-0.2, -0.15) is 13.2 Å². The summed E-state index contributed by atoms with van der Waals surface area (Å²) >= 11 is 0. The highest BCUT2D eigenvalue weighted by molar-refractivity contribution is 5.84. The summed E-state index contributed by atoms with van der Waals surface area (Å²) < 4.78 is 43.1. The third-order valence-electron chi connectivity index (χ3n) is 5.51. The summed E-state index contributed by atoms with van der Waals surface area (Å²) in [4.78, 5) is 13.0. The zero-order chi connectivity index (χ0) is 16.0. The van der Waals surface area contributed by atoms with E-state index in [9.17, 15) is 18.0 Å². The Kier molecular flexibility index (Phi) is 4.14. The third kappa shape index (κ3) is 2.73. The number of hydrogen-bond acceptors (Lipinski definition) is 3. The number of nitrogens with zero attached hydrogens (tertiary/aromatic N) is 1. The molecule has 1 saturated heterocycles. The monoisotopic (exact) mass is 320 g/mol. The van der Waals surface area contributed by atoms with Gasteiger partial charge in [0.05, 0.1) is 12.1 Å². The Morgan fingerprint density at radius 3 is 2.68 bits per heavy atom. The average molecular weight is 320 g/mol. The summed E-state index contributed by atoms with van der Waals surface area (Å²) in [6, 6.07) is -0.259. The first-order valence-corrected chi connectivity index (χ1v) is 8.09. The SMILES string of the molecule is CCO[C@@H]1C[C@H](N[C@H]2CCN(CC(F)(F)F)C2=O)C12CCC2. The van der Waals surface area contributed by atoms with Gasteiger partial charge in [0.2, 0.25) is 5.91 Å². The Balaban J connectivity index is 1.55. The van der Waals surface area contributed by atoms with Crippen molar-refractivity contribution in [3.8, 4) is 0 Å². The first-order chi connectivity index (χ1) is 10.4. The Labute approximate surface area is 128 Å². The lowest BCUT2D eigenvalue weighted by atomic mass is 9.51. The number of ether oxygens (including phenoxy) is 1. The van der Waals surface area contributed by atoms with Crippen LogP contribution in [0.3, 0.4) is 0 Å². The van der Waals surface area contributed by atoms with E-state index in [4.69, 9.17) is 4.74 Å². The van der Waals surface area contributed by atoms with E-state index >= 15 is 0 Å². The van der Waals surface area contributed by atoms with Gasteiger partial charge in [-0.1, -0.05) is 6.42 Å². The van der Waals surface area contributed by atoms with Crippen LogP contribution >= 0.6 is 0 Å². The highest BCUT2D eigenvalue weighted by Crippen LogP contribution is 2.57. The Bertz CT molecular complexity index is 437. The van der Waals surface area contributed by atoms with Gasteiger partial charge < -0.3 is 15.0 Å². The number of halogens is 3. The molecular weight excluding hydrogens is 297 g/mol. The molecule has 1 heterocycles. The van der Waals surface area contributed by atoms with Crippen molar-refractivity contribution >= 4 is 5.91 Å². The largest absolute Gasteiger partial charge is 0.406 e. The number of rotatable bonds is 5. The topological polar surface area (TPSA) is 41.6 Å². The molecule has 0 aromatic rings. The van der Waals surface area contributed by atoms with Gasteiger partial charge in [0.25, 0.3) is 0 Å². The van der Waals surface area contributed by atoms with Crippen molar-refractivity contribution in [1.29, 1.82) is 0 Å². The molecule has 0 radical (unpaired) electrons. The molecule has 0 aromatic carbocycles. The molecule has 7 heteroatoms. The van der Waals surface area contributed by atoms with Crippen LogP contribution in [-0.4, -0.2) is 54.9 Å². The second-order valence-electron chi connectivity index (χ2n) is 6.70. The number of carbonyl (C=O) groups excluding carboxylic acids is 1. The number of hydrogen-bond donors (Lipinski definition) is 1. The second-order valence-corrected chi connectivity index (χ2v) is 6.70. The first-order valence-electron chi connectivity index (χ1n) is 8.09. The fraction of sp³-hybridized carbons (Fsp3) is 0.933. The Morgan fingerprint density at radius 2 is 2.14 bits per heavy atom. The van der Waals surface area contributed by atoms with E-state index in [1.807, 2.05) is 6.92 Å². The van der Waals surface area contributed by atoms with Crippen molar-refractivity contribution < 1.29 is 22.7 Å². The highest BCUT2D eigenvalue weighted by Gasteiger charge is 2.59. The Morgan fingerprint density at radius 1 is 1.41 bits per heavy atom. The molecule has 1 aliphatic heterocycles. The van der Waals surface area contributed by atoms with Crippen LogP contribution < -0.4 is 5.32 Å². The van der Waals surface area contributed by atoms with E-state index in [1.54, 1.807) is 0 Å². The lowest BCUT2D eigenvalue weighted by Gasteiger charge is -2.61. The van der Waals surface area contributed by atoms with E-state index in [2.05, 4.69) is 5.32 Å². The Hall–Kier alpha value is -0.820. The van der Waals surface area contributed by atoms with Crippen LogP contribution in [0.25, 0.3) is 0 Å². The molecule has 1 spiro atoms. The van der Waals surface area contributed by atoms with Gasteiger partial charge in [0, 0.05) is 24.6 Å². The first kappa shape index (κ1) is 16.1. The molecule has 1 amide bonds. The standard InChI is InChI=1S/C15H23F3N2O2/c1-2-22-12-8-11(14(12)5-3-6-14)19-10-4-7-20(13(10)21)9-15(16,17)18/h10-12,19H,2-9H2,1H3/t10-,11-,12+/m0/s1. The summed E-state index contributed by atoms with van der Waals surface area (Å²) in [7, 11) is 0. The van der Waals surface area contributed by atoms with Crippen LogP contribution in [0.4, 0.5) is 13.2 Å². The van der Waals surface area contributed by atoms with Crippen LogP contribution in [-0.2, 0) is 9.53 Å². The van der Waals surface area contributed by atoms with E-state index in [0.29, 0.717) is 13.0 Å². The van der Waals surface area contributed by atoms with Gasteiger partial charge in [-0.15, -0.1) is 0 Å². The fourth-order valence-electron chi connectivity index (χ4n) is 4.18. The summed E-state index contributed by atoms with van der Waals surface area (Å²) in [5.74, 6) is -0.411. The summed E-state index contributed by atoms with van der Waals surface area (Å²) in [5, 5.41) is 3.32. The molecule has 1 N–H and O–H groups in total. The van der Waals surface area contributed by atoms with Crippen molar-refractivity contribution in [2.75, 3.05) is 19.7 Å². The maximum absolute atomic E-state index is 12.4. The normalized spacial score (nSPS) is 33.9. The second kappa shape index (κ2) is 5.67. The third-order valence-corrected chi connectivity index (χ3v) is 5.51. The molecule has 3 rings (SSSR count). The van der Waals surface area contributed by atoms with Crippen LogP contribution in [0.5, 0.6) is 0 Å². The molecule has 2 aliphatic carbocycles. The van der Waals surface area contributed by atoms with Crippen LogP contribution in [0.15, 0.2) is 0 Å². The van der Waals surface area contributed by atoms with Crippen molar-refractivity contribution in [1.82, 2.24) is 10.2 Å². The van der Waals surface area contributed by atoms with Gasteiger partial charge >= 0.3 is 6.18 Å². The minimum absolute atomic E-state index is 0.119. The predicted molar refractivity (Wildman–Crippen MR) is 74.3 cm³/mol. The summed E-state index contributed by atoms with van der Waals surface area (Å²) in [5.41, 5.74) is 0.119. The molecule has 3 fully saturated rings. The van der Waals surface area contributed by atoms with Crippen molar-refractivity contribution in [2.24, 2.45) is 5.41 Å². The fourth-order valence-corrected chi connectivity index (χ4v) is 4.18. The van der Waals surface area contributed by atoms with Gasteiger partial charge in [-0.25, -0.2) is 0 Å². The number of likely N-dealkylation sites (tertiary alicyclic amines) is 1. The molecule has 0 aromatic heterocycles. The van der Waals surface area contributed by atoms with Crippen molar-refractivity contribution in [2.45, 2.75) is 63.4 Å². The molecule has 22 heavy (non-hydrogen) atoms. The molecule has 2 saturated carbocycles. The van der Waals surface area contributed by atoms with E-state index in [0.717, 1.165) is 24.2 Å².